The molecule has 0 amide bonds. The summed E-state index contributed by atoms with van der Waals surface area (Å²) in [6, 6.07) is 4.37. The highest BCUT2D eigenvalue weighted by atomic mass is 16.5. The highest BCUT2D eigenvalue weighted by Gasteiger charge is 2.23. The third kappa shape index (κ3) is 4.41. The Morgan fingerprint density at radius 1 is 1.41 bits per heavy atom. The molecular formula is C17H29N3O2. The second-order valence-corrected chi connectivity index (χ2v) is 6.49. The zero-order valence-electron chi connectivity index (χ0n) is 14.5. The highest BCUT2D eigenvalue weighted by molar-refractivity contribution is 5.52. The van der Waals surface area contributed by atoms with E-state index in [2.05, 4.69) is 49.9 Å². The van der Waals surface area contributed by atoms with Gasteiger partial charge in [-0.15, -0.1) is 0 Å². The number of aromatic nitrogens is 1. The molecule has 2 rings (SSSR count). The Kier molecular flexibility index (Phi) is 6.17. The van der Waals surface area contributed by atoms with E-state index in [1.807, 2.05) is 0 Å². The molecule has 1 saturated heterocycles. The average molecular weight is 307 g/mol. The van der Waals surface area contributed by atoms with Crippen molar-refractivity contribution in [2.24, 2.45) is 0 Å². The predicted octanol–water partition coefficient (Wildman–Crippen LogP) is 2.12. The maximum atomic E-state index is 5.76. The summed E-state index contributed by atoms with van der Waals surface area (Å²) in [6.07, 6.45) is 0.135. The maximum Gasteiger partial charge on any atom is 0.0983 e. The Morgan fingerprint density at radius 2 is 2.18 bits per heavy atom. The van der Waals surface area contributed by atoms with E-state index in [0.717, 1.165) is 37.6 Å². The van der Waals surface area contributed by atoms with E-state index in [9.17, 15) is 0 Å². The van der Waals surface area contributed by atoms with Crippen molar-refractivity contribution >= 4 is 5.69 Å². The fraction of sp³-hybridized carbons (Fsp3) is 0.706. The molecule has 5 heteroatoms. The van der Waals surface area contributed by atoms with Crippen LogP contribution in [0.2, 0.25) is 0 Å². The van der Waals surface area contributed by atoms with Gasteiger partial charge in [-0.25, -0.2) is 0 Å². The topological polar surface area (TPSA) is 37.8 Å². The van der Waals surface area contributed by atoms with Crippen LogP contribution >= 0.6 is 0 Å². The number of rotatable bonds is 6. The maximum absolute atomic E-state index is 5.76. The van der Waals surface area contributed by atoms with Crippen molar-refractivity contribution in [2.75, 3.05) is 52.4 Å². The summed E-state index contributed by atoms with van der Waals surface area (Å²) < 4.78 is 11.0. The standard InChI is InChI=1S/C17H29N3O2/c1-13(2)15-6-7-17(16(18-15)11-19(3)4)20-8-9-22-14(10-20)12-21-5/h6-7,13-14H,8-12H2,1-5H3. The molecule has 0 spiro atoms. The quantitative estimate of drug-likeness (QED) is 0.805. The molecule has 0 aromatic carbocycles. The minimum atomic E-state index is 0.135. The molecule has 124 valence electrons. The zero-order chi connectivity index (χ0) is 16.1. The van der Waals surface area contributed by atoms with Gasteiger partial charge < -0.3 is 19.3 Å². The van der Waals surface area contributed by atoms with E-state index in [0.29, 0.717) is 12.5 Å². The van der Waals surface area contributed by atoms with Crippen molar-refractivity contribution in [3.05, 3.63) is 23.5 Å². The summed E-state index contributed by atoms with van der Waals surface area (Å²) in [5, 5.41) is 0. The molecule has 1 aliphatic heterocycles. The summed E-state index contributed by atoms with van der Waals surface area (Å²) in [5.74, 6) is 0.445. The molecule has 1 aliphatic rings. The van der Waals surface area contributed by atoms with Crippen LogP contribution in [0.3, 0.4) is 0 Å². The number of hydrogen-bond acceptors (Lipinski definition) is 5. The average Bonchev–Trinajstić information content (AvgIpc) is 2.47. The summed E-state index contributed by atoms with van der Waals surface area (Å²) >= 11 is 0. The molecule has 1 aromatic rings. The van der Waals surface area contributed by atoms with Crippen LogP contribution in [0.25, 0.3) is 0 Å². The molecule has 0 saturated carbocycles. The van der Waals surface area contributed by atoms with Crippen LogP contribution < -0.4 is 4.90 Å². The van der Waals surface area contributed by atoms with Crippen LogP contribution in [0.5, 0.6) is 0 Å². The first-order valence-electron chi connectivity index (χ1n) is 8.01. The molecule has 1 fully saturated rings. The van der Waals surface area contributed by atoms with Crippen LogP contribution in [-0.4, -0.2) is 63.5 Å². The molecule has 0 radical (unpaired) electrons. The minimum absolute atomic E-state index is 0.135. The van der Waals surface area contributed by atoms with Crippen LogP contribution in [0.1, 0.15) is 31.2 Å². The van der Waals surface area contributed by atoms with E-state index in [-0.39, 0.29) is 6.10 Å². The van der Waals surface area contributed by atoms with E-state index >= 15 is 0 Å². The van der Waals surface area contributed by atoms with Gasteiger partial charge in [-0.2, -0.15) is 0 Å². The lowest BCUT2D eigenvalue weighted by molar-refractivity contribution is -0.0101. The molecule has 0 N–H and O–H groups in total. The smallest absolute Gasteiger partial charge is 0.0983 e. The number of nitrogens with zero attached hydrogens (tertiary/aromatic N) is 3. The van der Waals surface area contributed by atoms with E-state index < -0.39 is 0 Å². The molecule has 1 atom stereocenters. The van der Waals surface area contributed by atoms with Gasteiger partial charge in [0.15, 0.2) is 0 Å². The monoisotopic (exact) mass is 307 g/mol. The van der Waals surface area contributed by atoms with Crippen molar-refractivity contribution in [3.8, 4) is 0 Å². The number of hydrogen-bond donors (Lipinski definition) is 0. The van der Waals surface area contributed by atoms with Gasteiger partial charge in [-0.05, 0) is 32.1 Å². The van der Waals surface area contributed by atoms with Crippen molar-refractivity contribution in [2.45, 2.75) is 32.4 Å². The summed E-state index contributed by atoms with van der Waals surface area (Å²) in [6.45, 7) is 8.36. The first kappa shape index (κ1) is 17.2. The second kappa shape index (κ2) is 7.90. The van der Waals surface area contributed by atoms with Crippen LogP contribution in [0, 0.1) is 0 Å². The lowest BCUT2D eigenvalue weighted by atomic mass is 10.1. The summed E-state index contributed by atoms with van der Waals surface area (Å²) in [5.41, 5.74) is 3.53. The molecule has 0 bridgehead atoms. The SMILES string of the molecule is COCC1CN(c2ccc(C(C)C)nc2CN(C)C)CCO1. The number of morpholine rings is 1. The molecule has 0 aliphatic carbocycles. The van der Waals surface area contributed by atoms with Gasteiger partial charge in [-0.1, -0.05) is 13.8 Å². The fourth-order valence-corrected chi connectivity index (χ4v) is 2.76. The van der Waals surface area contributed by atoms with Crippen LogP contribution in [-0.2, 0) is 16.0 Å². The van der Waals surface area contributed by atoms with Crippen molar-refractivity contribution < 1.29 is 9.47 Å². The molecular weight excluding hydrogens is 278 g/mol. The first-order chi connectivity index (χ1) is 10.5. The third-order valence-electron chi connectivity index (χ3n) is 3.86. The van der Waals surface area contributed by atoms with Gasteiger partial charge in [0.1, 0.15) is 0 Å². The first-order valence-corrected chi connectivity index (χ1v) is 8.01. The lowest BCUT2D eigenvalue weighted by Gasteiger charge is -2.35. The van der Waals surface area contributed by atoms with E-state index in [1.165, 1.54) is 5.69 Å². The Balaban J connectivity index is 2.24. The number of methoxy groups -OCH3 is 1. The Bertz CT molecular complexity index is 475. The van der Waals surface area contributed by atoms with Crippen molar-refractivity contribution in [1.82, 2.24) is 9.88 Å². The second-order valence-electron chi connectivity index (χ2n) is 6.49. The van der Waals surface area contributed by atoms with Gasteiger partial charge in [0.05, 0.1) is 30.7 Å². The van der Waals surface area contributed by atoms with E-state index in [4.69, 9.17) is 14.5 Å². The number of ether oxygens (including phenoxy) is 2. The van der Waals surface area contributed by atoms with Gasteiger partial charge in [0.25, 0.3) is 0 Å². The number of pyridine rings is 1. The Hall–Kier alpha value is -1.17. The van der Waals surface area contributed by atoms with Crippen molar-refractivity contribution in [3.63, 3.8) is 0 Å². The van der Waals surface area contributed by atoms with Crippen LogP contribution in [0.15, 0.2) is 12.1 Å². The molecule has 22 heavy (non-hydrogen) atoms. The van der Waals surface area contributed by atoms with Gasteiger partial charge in [0.2, 0.25) is 0 Å². The third-order valence-corrected chi connectivity index (χ3v) is 3.86. The van der Waals surface area contributed by atoms with E-state index in [1.54, 1.807) is 7.11 Å². The van der Waals surface area contributed by atoms with Gasteiger partial charge in [-0.3, -0.25) is 4.98 Å². The predicted molar refractivity (Wildman–Crippen MR) is 89.5 cm³/mol. The van der Waals surface area contributed by atoms with Gasteiger partial charge >= 0.3 is 0 Å². The zero-order valence-corrected chi connectivity index (χ0v) is 14.5. The highest BCUT2D eigenvalue weighted by Crippen LogP contribution is 2.25. The van der Waals surface area contributed by atoms with Crippen molar-refractivity contribution in [1.29, 1.82) is 0 Å². The normalized spacial score (nSPS) is 19.2. The van der Waals surface area contributed by atoms with Crippen LogP contribution in [0.4, 0.5) is 5.69 Å². The fourth-order valence-electron chi connectivity index (χ4n) is 2.76. The molecule has 5 nitrogen and oxygen atoms in total. The number of anilines is 1. The van der Waals surface area contributed by atoms with Gasteiger partial charge in [0, 0.05) is 32.4 Å². The Labute approximate surface area is 134 Å². The minimum Gasteiger partial charge on any atom is -0.382 e. The largest absolute Gasteiger partial charge is 0.382 e. The lowest BCUT2D eigenvalue weighted by Crippen LogP contribution is -2.45. The molecule has 2 heterocycles. The molecule has 1 aromatic heterocycles. The molecule has 1 unspecified atom stereocenters. The summed E-state index contributed by atoms with van der Waals surface area (Å²) in [7, 11) is 5.89. The Morgan fingerprint density at radius 3 is 2.82 bits per heavy atom. The summed E-state index contributed by atoms with van der Waals surface area (Å²) in [4.78, 5) is 9.45.